The first-order chi connectivity index (χ1) is 11.2. The fraction of sp³-hybridized carbons (Fsp3) is 0.294. The predicted molar refractivity (Wildman–Crippen MR) is 92.1 cm³/mol. The van der Waals surface area contributed by atoms with Crippen LogP contribution in [0.3, 0.4) is 0 Å². The van der Waals surface area contributed by atoms with Crippen molar-refractivity contribution in [3.63, 3.8) is 0 Å². The van der Waals surface area contributed by atoms with E-state index in [0.29, 0.717) is 29.4 Å². The summed E-state index contributed by atoms with van der Waals surface area (Å²) < 4.78 is 0. The lowest BCUT2D eigenvalue weighted by atomic mass is 10.1. The Bertz CT molecular complexity index is 679. The molecule has 1 aliphatic rings. The molecule has 0 saturated carbocycles. The highest BCUT2D eigenvalue weighted by molar-refractivity contribution is 7.08. The Morgan fingerprint density at radius 2 is 2.09 bits per heavy atom. The van der Waals surface area contributed by atoms with Gasteiger partial charge in [-0.2, -0.15) is 11.3 Å². The van der Waals surface area contributed by atoms with Gasteiger partial charge in [0.05, 0.1) is 16.8 Å². The van der Waals surface area contributed by atoms with Gasteiger partial charge in [0.2, 0.25) is 0 Å². The van der Waals surface area contributed by atoms with Crippen molar-refractivity contribution in [1.29, 1.82) is 0 Å². The van der Waals surface area contributed by atoms with Crippen LogP contribution in [0.25, 0.3) is 0 Å². The van der Waals surface area contributed by atoms with Crippen LogP contribution in [0.2, 0.25) is 0 Å². The van der Waals surface area contributed by atoms with Crippen LogP contribution in [0, 0.1) is 0 Å². The maximum atomic E-state index is 12.4. The van der Waals surface area contributed by atoms with Gasteiger partial charge < -0.3 is 16.0 Å². The van der Waals surface area contributed by atoms with Gasteiger partial charge >= 0.3 is 0 Å². The zero-order valence-electron chi connectivity index (χ0n) is 12.7. The van der Waals surface area contributed by atoms with E-state index < -0.39 is 0 Å². The first-order valence-corrected chi connectivity index (χ1v) is 8.62. The first-order valence-electron chi connectivity index (χ1n) is 7.68. The van der Waals surface area contributed by atoms with Crippen molar-refractivity contribution in [1.82, 2.24) is 10.6 Å². The number of nitrogens with one attached hydrogen (secondary N) is 3. The average molecular weight is 329 g/mol. The van der Waals surface area contributed by atoms with Gasteiger partial charge in [0.15, 0.2) is 0 Å². The van der Waals surface area contributed by atoms with E-state index in [4.69, 9.17) is 0 Å². The number of carbonyl (C=O) groups is 2. The third-order valence-corrected chi connectivity index (χ3v) is 4.56. The van der Waals surface area contributed by atoms with Crippen LogP contribution in [0.4, 0.5) is 5.69 Å². The second-order valence-corrected chi connectivity index (χ2v) is 6.30. The molecule has 5 nitrogen and oxygen atoms in total. The minimum absolute atomic E-state index is 0.167. The van der Waals surface area contributed by atoms with Crippen molar-refractivity contribution in [2.75, 3.05) is 18.4 Å². The molecule has 3 rings (SSSR count). The summed E-state index contributed by atoms with van der Waals surface area (Å²) in [5.41, 5.74) is 1.61. The molecule has 1 saturated heterocycles. The highest BCUT2D eigenvalue weighted by Gasteiger charge is 2.17. The summed E-state index contributed by atoms with van der Waals surface area (Å²) in [6.45, 7) is 1.61. The molecule has 1 unspecified atom stereocenters. The second-order valence-electron chi connectivity index (χ2n) is 5.52. The molecule has 0 radical (unpaired) electrons. The summed E-state index contributed by atoms with van der Waals surface area (Å²) in [5.74, 6) is -0.371. The van der Waals surface area contributed by atoms with Crippen LogP contribution < -0.4 is 16.0 Å². The molecule has 1 atom stereocenters. The predicted octanol–water partition coefficient (Wildman–Crippen LogP) is 2.48. The summed E-state index contributed by atoms with van der Waals surface area (Å²) in [4.78, 5) is 24.6. The molecular weight excluding hydrogens is 310 g/mol. The van der Waals surface area contributed by atoms with Crippen molar-refractivity contribution in [3.8, 4) is 0 Å². The van der Waals surface area contributed by atoms with E-state index in [0.717, 1.165) is 19.4 Å². The molecule has 0 bridgehead atoms. The number of hydrogen-bond acceptors (Lipinski definition) is 4. The van der Waals surface area contributed by atoms with Gasteiger partial charge in [-0.25, -0.2) is 0 Å². The lowest BCUT2D eigenvalue weighted by Gasteiger charge is -2.14. The van der Waals surface area contributed by atoms with E-state index in [2.05, 4.69) is 16.0 Å². The van der Waals surface area contributed by atoms with Crippen LogP contribution in [-0.4, -0.2) is 30.9 Å². The fourth-order valence-corrected chi connectivity index (χ4v) is 3.26. The molecule has 0 spiro atoms. The summed E-state index contributed by atoms with van der Waals surface area (Å²) >= 11 is 1.46. The zero-order chi connectivity index (χ0) is 16.1. The lowest BCUT2D eigenvalue weighted by molar-refractivity contribution is 0.0951. The molecule has 120 valence electrons. The van der Waals surface area contributed by atoms with E-state index >= 15 is 0 Å². The molecule has 0 aliphatic carbocycles. The summed E-state index contributed by atoms with van der Waals surface area (Å²) in [7, 11) is 0. The Labute approximate surface area is 139 Å². The minimum Gasteiger partial charge on any atom is -0.350 e. The van der Waals surface area contributed by atoms with Crippen LogP contribution in [-0.2, 0) is 0 Å². The molecule has 1 aliphatic heterocycles. The Kier molecular flexibility index (Phi) is 5.05. The van der Waals surface area contributed by atoms with Crippen molar-refractivity contribution >= 4 is 28.8 Å². The molecule has 23 heavy (non-hydrogen) atoms. The maximum absolute atomic E-state index is 12.4. The van der Waals surface area contributed by atoms with Gasteiger partial charge in [0.1, 0.15) is 0 Å². The van der Waals surface area contributed by atoms with Crippen molar-refractivity contribution in [3.05, 3.63) is 52.2 Å². The van der Waals surface area contributed by atoms with Crippen molar-refractivity contribution in [2.24, 2.45) is 0 Å². The van der Waals surface area contributed by atoms with Gasteiger partial charge in [-0.3, -0.25) is 9.59 Å². The van der Waals surface area contributed by atoms with E-state index in [1.54, 1.807) is 35.7 Å². The Morgan fingerprint density at radius 3 is 2.83 bits per heavy atom. The third kappa shape index (κ3) is 3.97. The highest BCUT2D eigenvalue weighted by Crippen LogP contribution is 2.17. The van der Waals surface area contributed by atoms with Gasteiger partial charge in [0, 0.05) is 18.0 Å². The molecule has 1 aromatic heterocycles. The summed E-state index contributed by atoms with van der Waals surface area (Å²) in [6.07, 6.45) is 2.23. The van der Waals surface area contributed by atoms with Gasteiger partial charge in [-0.05, 0) is 43.0 Å². The van der Waals surface area contributed by atoms with Gasteiger partial charge in [-0.1, -0.05) is 12.1 Å². The van der Waals surface area contributed by atoms with E-state index in [1.807, 2.05) is 5.38 Å². The van der Waals surface area contributed by atoms with Gasteiger partial charge in [0.25, 0.3) is 11.8 Å². The van der Waals surface area contributed by atoms with E-state index in [9.17, 15) is 9.59 Å². The number of thiophene rings is 1. The smallest absolute Gasteiger partial charge is 0.256 e. The standard InChI is InChI=1S/C17H19N3O2S/c21-16(12-7-9-23-11-12)20-15-6-2-1-5-14(15)17(22)19-10-13-4-3-8-18-13/h1-2,5-7,9,11,13,18H,3-4,8,10H2,(H,19,22)(H,20,21). The number of rotatable bonds is 5. The van der Waals surface area contributed by atoms with E-state index in [-0.39, 0.29) is 11.8 Å². The lowest BCUT2D eigenvalue weighted by Crippen LogP contribution is -2.37. The largest absolute Gasteiger partial charge is 0.350 e. The Balaban J connectivity index is 1.67. The molecule has 6 heteroatoms. The number of anilines is 1. The highest BCUT2D eigenvalue weighted by atomic mass is 32.1. The quantitative estimate of drug-likeness (QED) is 0.789. The average Bonchev–Trinajstić information content (AvgIpc) is 3.26. The molecule has 2 aromatic rings. The van der Waals surface area contributed by atoms with Crippen LogP contribution >= 0.6 is 11.3 Å². The van der Waals surface area contributed by atoms with Crippen LogP contribution in [0.15, 0.2) is 41.1 Å². The van der Waals surface area contributed by atoms with Crippen molar-refractivity contribution in [2.45, 2.75) is 18.9 Å². The molecule has 3 N–H and O–H groups in total. The molecule has 1 aromatic carbocycles. The minimum atomic E-state index is -0.205. The maximum Gasteiger partial charge on any atom is 0.256 e. The molecular formula is C17H19N3O2S. The topological polar surface area (TPSA) is 70.2 Å². The second kappa shape index (κ2) is 7.39. The monoisotopic (exact) mass is 329 g/mol. The zero-order valence-corrected chi connectivity index (χ0v) is 13.5. The SMILES string of the molecule is O=C(Nc1ccccc1C(=O)NCC1CCCN1)c1ccsc1. The number of amides is 2. The summed E-state index contributed by atoms with van der Waals surface area (Å²) in [5, 5.41) is 12.7. The Morgan fingerprint density at radius 1 is 1.22 bits per heavy atom. The number of para-hydroxylation sites is 1. The number of carbonyl (C=O) groups excluding carboxylic acids is 2. The molecule has 2 amide bonds. The fourth-order valence-electron chi connectivity index (χ4n) is 2.62. The van der Waals surface area contributed by atoms with Crippen molar-refractivity contribution < 1.29 is 9.59 Å². The number of hydrogen-bond donors (Lipinski definition) is 3. The molecule has 2 heterocycles. The number of benzene rings is 1. The summed E-state index contributed by atoms with van der Waals surface area (Å²) in [6, 6.07) is 9.16. The third-order valence-electron chi connectivity index (χ3n) is 3.87. The Hall–Kier alpha value is -2.18. The van der Waals surface area contributed by atoms with Gasteiger partial charge in [-0.15, -0.1) is 0 Å². The van der Waals surface area contributed by atoms with Crippen LogP contribution in [0.5, 0.6) is 0 Å². The molecule has 1 fully saturated rings. The normalized spacial score (nSPS) is 17.0. The van der Waals surface area contributed by atoms with E-state index in [1.165, 1.54) is 11.3 Å². The first kappa shape index (κ1) is 15.7. The van der Waals surface area contributed by atoms with Crippen LogP contribution in [0.1, 0.15) is 33.6 Å².